The van der Waals surface area contributed by atoms with E-state index in [9.17, 15) is 23.2 Å². The fourth-order valence-corrected chi connectivity index (χ4v) is 2.85. The van der Waals surface area contributed by atoms with Crippen molar-refractivity contribution in [1.82, 2.24) is 5.32 Å². The molecule has 0 aliphatic rings. The van der Waals surface area contributed by atoms with Crippen LogP contribution in [-0.4, -0.2) is 44.7 Å². The lowest BCUT2D eigenvalue weighted by molar-refractivity contribution is -0.118. The summed E-state index contributed by atoms with van der Waals surface area (Å²) in [4.78, 5) is 37.7. The van der Waals surface area contributed by atoms with Crippen molar-refractivity contribution in [1.29, 1.82) is 0 Å². The highest BCUT2D eigenvalue weighted by Gasteiger charge is 2.27. The second kappa shape index (κ2) is 11.1. The van der Waals surface area contributed by atoms with E-state index in [0.29, 0.717) is 5.56 Å². The Balaban J connectivity index is 2.37. The molecule has 10 heteroatoms. The lowest BCUT2D eigenvalue weighted by Gasteiger charge is -2.23. The zero-order valence-electron chi connectivity index (χ0n) is 18.0. The molecule has 0 bridgehead atoms. The molecule has 8 nitrogen and oxygen atoms in total. The Hall–Kier alpha value is -3.69. The molecule has 0 aliphatic heterocycles. The largest absolute Gasteiger partial charge is 0.493 e. The van der Waals surface area contributed by atoms with Crippen LogP contribution in [0.25, 0.3) is 0 Å². The van der Waals surface area contributed by atoms with Crippen molar-refractivity contribution in [3.05, 3.63) is 53.6 Å². The van der Waals surface area contributed by atoms with Gasteiger partial charge in [-0.2, -0.15) is 8.78 Å². The van der Waals surface area contributed by atoms with E-state index in [1.807, 2.05) is 0 Å². The summed E-state index contributed by atoms with van der Waals surface area (Å²) >= 11 is 0. The third kappa shape index (κ3) is 6.16. The highest BCUT2D eigenvalue weighted by atomic mass is 19.3. The Morgan fingerprint density at radius 3 is 2.16 bits per heavy atom. The molecule has 32 heavy (non-hydrogen) atoms. The molecular weight excluding hydrogens is 426 g/mol. The molecule has 2 aromatic carbocycles. The van der Waals surface area contributed by atoms with Gasteiger partial charge >= 0.3 is 12.6 Å². The number of rotatable bonds is 9. The molecule has 2 N–H and O–H groups in total. The van der Waals surface area contributed by atoms with E-state index in [1.165, 1.54) is 7.11 Å². The molecule has 172 valence electrons. The maximum Gasteiger partial charge on any atom is 0.387 e. The first kappa shape index (κ1) is 24.6. The van der Waals surface area contributed by atoms with Gasteiger partial charge in [-0.05, 0) is 18.1 Å². The maximum absolute atomic E-state index is 13.0. The average molecular weight is 450 g/mol. The van der Waals surface area contributed by atoms with Gasteiger partial charge in [0.2, 0.25) is 5.91 Å². The lowest BCUT2D eigenvalue weighted by Crippen LogP contribution is -2.47. The number of nitrogens with one attached hydrogen (secondary N) is 2. The summed E-state index contributed by atoms with van der Waals surface area (Å²) in [6, 6.07) is 9.47. The number of carbonyl (C=O) groups is 3. The number of anilines is 1. The van der Waals surface area contributed by atoms with E-state index in [4.69, 9.17) is 9.47 Å². The van der Waals surface area contributed by atoms with Crippen LogP contribution in [0.15, 0.2) is 42.5 Å². The van der Waals surface area contributed by atoms with Gasteiger partial charge in [0.25, 0.3) is 5.91 Å². The number of carbonyl (C=O) groups excluding carboxylic acids is 3. The second-order valence-corrected chi connectivity index (χ2v) is 6.97. The summed E-state index contributed by atoms with van der Waals surface area (Å²) in [5, 5.41) is 5.14. The minimum atomic E-state index is -3.16. The van der Waals surface area contributed by atoms with Crippen LogP contribution >= 0.6 is 0 Å². The first-order chi connectivity index (χ1) is 15.2. The van der Waals surface area contributed by atoms with Crippen LogP contribution in [-0.2, 0) is 9.53 Å². The normalized spacial score (nSPS) is 11.6. The third-order valence-electron chi connectivity index (χ3n) is 4.45. The zero-order valence-corrected chi connectivity index (χ0v) is 18.0. The third-order valence-corrected chi connectivity index (χ3v) is 4.45. The Morgan fingerprint density at radius 2 is 1.62 bits per heavy atom. The van der Waals surface area contributed by atoms with Gasteiger partial charge in [0, 0.05) is 17.7 Å². The standard InChI is InChI=1S/C22H24F2N2O6/c1-12(2)18(26-19(27)13-8-6-5-7-9-13)20(28)25-15-11-17(32-22(23)24)16(30-3)10-14(15)21(29)31-4/h5-12,18,22H,1-4H3,(H,25,28)(H,26,27). The van der Waals surface area contributed by atoms with Gasteiger partial charge in [0.1, 0.15) is 6.04 Å². The van der Waals surface area contributed by atoms with Crippen LogP contribution in [0.3, 0.4) is 0 Å². The molecule has 0 heterocycles. The number of hydrogen-bond donors (Lipinski definition) is 2. The van der Waals surface area contributed by atoms with Gasteiger partial charge in [0.05, 0.1) is 25.5 Å². The summed E-state index contributed by atoms with van der Waals surface area (Å²) in [6.45, 7) is 0.275. The Morgan fingerprint density at radius 1 is 0.969 bits per heavy atom. The van der Waals surface area contributed by atoms with Crippen LogP contribution in [0.4, 0.5) is 14.5 Å². The van der Waals surface area contributed by atoms with Gasteiger partial charge in [-0.1, -0.05) is 32.0 Å². The van der Waals surface area contributed by atoms with E-state index >= 15 is 0 Å². The molecule has 0 saturated heterocycles. The van der Waals surface area contributed by atoms with Crippen molar-refractivity contribution in [3.8, 4) is 11.5 Å². The van der Waals surface area contributed by atoms with Gasteiger partial charge < -0.3 is 24.8 Å². The van der Waals surface area contributed by atoms with Crippen LogP contribution in [0, 0.1) is 5.92 Å². The number of halogens is 2. The minimum absolute atomic E-state index is 0.141. The second-order valence-electron chi connectivity index (χ2n) is 6.97. The molecule has 0 radical (unpaired) electrons. The number of amides is 2. The molecule has 0 aromatic heterocycles. The van der Waals surface area contributed by atoms with E-state index < -0.39 is 30.4 Å². The Kier molecular flexibility index (Phi) is 8.51. The molecule has 0 fully saturated rings. The van der Waals surface area contributed by atoms with E-state index in [0.717, 1.165) is 19.2 Å². The Labute approximate surface area is 183 Å². The molecule has 1 atom stereocenters. The fourth-order valence-electron chi connectivity index (χ4n) is 2.85. The molecular formula is C22H24F2N2O6. The summed E-state index contributed by atoms with van der Waals surface area (Å²) in [7, 11) is 2.34. The van der Waals surface area contributed by atoms with E-state index in [2.05, 4.69) is 15.4 Å². The zero-order chi connectivity index (χ0) is 23.8. The molecule has 0 saturated carbocycles. The van der Waals surface area contributed by atoms with Crippen LogP contribution in [0.2, 0.25) is 0 Å². The molecule has 1 unspecified atom stereocenters. The predicted octanol–water partition coefficient (Wildman–Crippen LogP) is 3.48. The van der Waals surface area contributed by atoms with Gasteiger partial charge in [-0.15, -0.1) is 0 Å². The molecule has 0 spiro atoms. The highest BCUT2D eigenvalue weighted by molar-refractivity contribution is 6.05. The average Bonchev–Trinajstić information content (AvgIpc) is 2.76. The fraction of sp³-hybridized carbons (Fsp3) is 0.318. The molecule has 2 rings (SSSR count). The van der Waals surface area contributed by atoms with Crippen LogP contribution in [0.5, 0.6) is 11.5 Å². The number of esters is 1. The van der Waals surface area contributed by atoms with Crippen molar-refractivity contribution in [3.63, 3.8) is 0 Å². The summed E-state index contributed by atoms with van der Waals surface area (Å²) in [6.07, 6.45) is 0. The summed E-state index contributed by atoms with van der Waals surface area (Å²) in [5.41, 5.74) is 0.0763. The molecule has 0 aliphatic carbocycles. The highest BCUT2D eigenvalue weighted by Crippen LogP contribution is 2.35. The van der Waals surface area contributed by atoms with Gasteiger partial charge in [-0.25, -0.2) is 4.79 Å². The number of methoxy groups -OCH3 is 2. The predicted molar refractivity (Wildman–Crippen MR) is 112 cm³/mol. The topological polar surface area (TPSA) is 103 Å². The molecule has 2 amide bonds. The van der Waals surface area contributed by atoms with E-state index in [1.54, 1.807) is 44.2 Å². The maximum atomic E-state index is 13.0. The first-order valence-corrected chi connectivity index (χ1v) is 9.59. The van der Waals surface area contributed by atoms with Gasteiger partial charge in [0.15, 0.2) is 11.5 Å². The monoisotopic (exact) mass is 450 g/mol. The van der Waals surface area contributed by atoms with E-state index in [-0.39, 0.29) is 28.7 Å². The van der Waals surface area contributed by atoms with Crippen LogP contribution < -0.4 is 20.1 Å². The van der Waals surface area contributed by atoms with Crippen molar-refractivity contribution in [2.24, 2.45) is 5.92 Å². The van der Waals surface area contributed by atoms with Gasteiger partial charge in [-0.3, -0.25) is 9.59 Å². The molecule has 2 aromatic rings. The quantitative estimate of drug-likeness (QED) is 0.567. The Bertz CT molecular complexity index is 966. The smallest absolute Gasteiger partial charge is 0.387 e. The summed E-state index contributed by atoms with van der Waals surface area (Å²) < 4.78 is 39.7. The number of hydrogen-bond acceptors (Lipinski definition) is 6. The lowest BCUT2D eigenvalue weighted by atomic mass is 10.0. The minimum Gasteiger partial charge on any atom is -0.493 e. The first-order valence-electron chi connectivity index (χ1n) is 9.59. The van der Waals surface area contributed by atoms with Crippen molar-refractivity contribution in [2.75, 3.05) is 19.5 Å². The van der Waals surface area contributed by atoms with Crippen molar-refractivity contribution >= 4 is 23.5 Å². The number of ether oxygens (including phenoxy) is 3. The summed E-state index contributed by atoms with van der Waals surface area (Å²) in [5.74, 6) is -2.84. The van der Waals surface area contributed by atoms with Crippen molar-refractivity contribution in [2.45, 2.75) is 26.5 Å². The number of benzene rings is 2. The number of alkyl halides is 2. The van der Waals surface area contributed by atoms with Crippen molar-refractivity contribution < 1.29 is 37.4 Å². The van der Waals surface area contributed by atoms with Crippen LogP contribution in [0.1, 0.15) is 34.6 Å². The SMILES string of the molecule is COC(=O)c1cc(OC)c(OC(F)F)cc1NC(=O)C(NC(=O)c1ccccc1)C(C)C.